The number of carbonyl (C=O) groups excluding carboxylic acids is 1. The van der Waals surface area contributed by atoms with Gasteiger partial charge in [0.2, 0.25) is 0 Å². The average molecular weight is 395 g/mol. The Kier molecular flexibility index (Phi) is 1.78. The molecular formula is C21H29N3O3. The van der Waals surface area contributed by atoms with Gasteiger partial charge in [-0.1, -0.05) is 18.5 Å². The smallest absolute Gasteiger partial charge is 0.293 e. The highest BCUT2D eigenvalue weighted by Crippen LogP contribution is 2.27. The van der Waals surface area contributed by atoms with Crippen molar-refractivity contribution in [1.29, 1.82) is 1.43 Å². The second-order valence-electron chi connectivity index (χ2n) is 5.21. The molecule has 27 heavy (non-hydrogen) atoms. The lowest BCUT2D eigenvalue weighted by Crippen LogP contribution is -2.36. The highest BCUT2D eigenvalue weighted by molar-refractivity contribution is 6.02. The van der Waals surface area contributed by atoms with E-state index in [0.29, 0.717) is 0 Å². The summed E-state index contributed by atoms with van der Waals surface area (Å²) < 4.78 is 184. The van der Waals surface area contributed by atoms with Crippen LogP contribution >= 0.6 is 0 Å². The third-order valence-electron chi connectivity index (χ3n) is 3.50. The van der Waals surface area contributed by atoms with E-state index in [1.165, 1.54) is 0 Å². The van der Waals surface area contributed by atoms with E-state index in [0.717, 1.165) is 0 Å². The Labute approximate surface area is 192 Å². The maximum absolute atomic E-state index is 14.0. The molecule has 146 valence electrons. The zero-order valence-corrected chi connectivity index (χ0v) is 13.7. The third-order valence-corrected chi connectivity index (χ3v) is 3.50. The Balaban J connectivity index is 2.25. The van der Waals surface area contributed by atoms with Gasteiger partial charge in [-0.2, -0.15) is 0 Å². The molecule has 0 radical (unpaired) electrons. The molecule has 0 atom stereocenters. The number of amides is 1. The van der Waals surface area contributed by atoms with E-state index in [9.17, 15) is 9.59 Å². The number of rotatable bonds is 7. The third kappa shape index (κ3) is 4.16. The molecule has 0 aliphatic carbocycles. The molecule has 1 aliphatic rings. The van der Waals surface area contributed by atoms with E-state index in [4.69, 9.17) is 31.6 Å². The van der Waals surface area contributed by atoms with Gasteiger partial charge in [0.05, 0.1) is 12.4 Å². The molecule has 2 N–H and O–H groups in total. The van der Waals surface area contributed by atoms with E-state index in [2.05, 4.69) is 5.11 Å². The fourth-order valence-electron chi connectivity index (χ4n) is 2.33. The van der Waals surface area contributed by atoms with Gasteiger partial charge >= 0.3 is 0 Å². The van der Waals surface area contributed by atoms with Crippen molar-refractivity contribution in [3.8, 4) is 5.75 Å². The summed E-state index contributed by atoms with van der Waals surface area (Å²) in [5.74, 6) is -3.13. The van der Waals surface area contributed by atoms with E-state index in [1.54, 1.807) is 0 Å². The summed E-state index contributed by atoms with van der Waals surface area (Å²) in [6.45, 7) is -17.0. The van der Waals surface area contributed by atoms with Crippen molar-refractivity contribution in [2.24, 2.45) is 0 Å². The number of benzene rings is 1. The van der Waals surface area contributed by atoms with Crippen LogP contribution in [0.25, 0.3) is 10.9 Å². The molecule has 6 nitrogen and oxygen atoms in total. The van der Waals surface area contributed by atoms with Crippen LogP contribution in [-0.4, -0.2) is 48.0 Å². The zero-order valence-electron chi connectivity index (χ0n) is 36.7. The van der Waals surface area contributed by atoms with Crippen LogP contribution in [0.1, 0.15) is 84.4 Å². The average Bonchev–Trinajstić information content (AvgIpc) is 2.97. The van der Waals surface area contributed by atoms with Crippen LogP contribution in [0.3, 0.4) is 0 Å². The number of fused-ring (bicyclic) bond motifs is 1. The minimum Gasteiger partial charge on any atom is -0.506 e. The molecule has 6 heteroatoms. The molecule has 0 saturated carbocycles. The van der Waals surface area contributed by atoms with Gasteiger partial charge < -0.3 is 19.9 Å². The van der Waals surface area contributed by atoms with Crippen molar-refractivity contribution in [3.63, 3.8) is 0 Å². The van der Waals surface area contributed by atoms with Crippen molar-refractivity contribution in [2.45, 2.75) is 45.3 Å². The topological polar surface area (TPSA) is 74.6 Å². The number of nitrogens with one attached hydrogen (secondary N) is 1. The van der Waals surface area contributed by atoms with Gasteiger partial charge in [0, 0.05) is 39.9 Å². The van der Waals surface area contributed by atoms with Crippen LogP contribution in [0.4, 0.5) is 0 Å². The monoisotopic (exact) mass is 394 g/mol. The highest BCUT2D eigenvalue weighted by Gasteiger charge is 2.22. The molecule has 2 heterocycles. The number of piperidine rings is 1. The molecule has 3 rings (SSSR count). The van der Waals surface area contributed by atoms with Gasteiger partial charge in [-0.25, -0.2) is 0 Å². The van der Waals surface area contributed by atoms with E-state index < -0.39 is 129 Å². The molecule has 1 amide bonds. The molecule has 0 unspecified atom stereocenters. The van der Waals surface area contributed by atoms with Crippen LogP contribution in [0.15, 0.2) is 29.0 Å². The lowest BCUT2D eigenvalue weighted by Gasteiger charge is -2.26. The maximum atomic E-state index is 14.0. The van der Waals surface area contributed by atoms with E-state index >= 15 is 0 Å². The normalized spacial score (nSPS) is 38.3. The summed E-state index contributed by atoms with van der Waals surface area (Å²) in [6.07, 6.45) is -11.8. The van der Waals surface area contributed by atoms with Gasteiger partial charge in [-0.05, 0) is 64.5 Å². The van der Waals surface area contributed by atoms with Gasteiger partial charge in [-0.3, -0.25) is 9.59 Å². The Hall–Kier alpha value is -2.34. The first-order valence-electron chi connectivity index (χ1n) is 18.9. The van der Waals surface area contributed by atoms with Crippen LogP contribution in [0, 0.1) is 0 Å². The molecule has 2 aromatic rings. The Morgan fingerprint density at radius 1 is 1.44 bits per heavy atom. The lowest BCUT2D eigenvalue weighted by molar-refractivity contribution is 0.0946. The molecule has 0 bridgehead atoms. The van der Waals surface area contributed by atoms with Crippen molar-refractivity contribution < 1.29 is 40.1 Å². The summed E-state index contributed by atoms with van der Waals surface area (Å²) >= 11 is 0. The predicted octanol–water partition coefficient (Wildman–Crippen LogP) is 2.89. The largest absolute Gasteiger partial charge is 0.506 e. The van der Waals surface area contributed by atoms with Gasteiger partial charge in [0.25, 0.3) is 12.9 Å². The number of para-hydroxylation sites is 1. The van der Waals surface area contributed by atoms with Crippen molar-refractivity contribution in [2.75, 3.05) is 26.1 Å². The number of carbonyl (C=O) groups is 1. The number of aromatic hydroxyl groups is 1. The van der Waals surface area contributed by atoms with Crippen LogP contribution in [0.2, 0.25) is 1.41 Å². The number of hydrogen-bond donors (Lipinski definition) is 2. The minimum atomic E-state index is -4.07. The second kappa shape index (κ2) is 8.57. The number of nitrogens with zero attached hydrogens (tertiary/aromatic N) is 2. The predicted molar refractivity (Wildman–Crippen MR) is 107 cm³/mol. The first kappa shape index (κ1) is 5.60. The molecule has 1 fully saturated rings. The first-order valence-corrected chi connectivity index (χ1v) is 7.59. The summed E-state index contributed by atoms with van der Waals surface area (Å²) in [7, 11) is 0. The molecule has 1 saturated heterocycles. The first-order chi connectivity index (χ1) is 22.2. The maximum Gasteiger partial charge on any atom is 0.293 e. The quantitative estimate of drug-likeness (QED) is 0.757. The number of likely N-dealkylation sites (tertiary alicyclic amines) is 1. The fraction of sp³-hybridized carbons (Fsp3) is 0.524. The lowest BCUT2D eigenvalue weighted by atomic mass is 10.1. The minimum absolute atomic E-state index is 0.0124. The van der Waals surface area contributed by atoms with Gasteiger partial charge in [0.1, 0.15) is 11.3 Å². The molecule has 0 spiro atoms. The Morgan fingerprint density at radius 3 is 2.96 bits per heavy atom. The zero-order chi connectivity index (χ0) is 39.3. The van der Waals surface area contributed by atoms with Crippen LogP contribution in [0.5, 0.6) is 5.75 Å². The number of pyridine rings is 1. The van der Waals surface area contributed by atoms with Crippen molar-refractivity contribution >= 4 is 16.8 Å². The summed E-state index contributed by atoms with van der Waals surface area (Å²) in [4.78, 5) is 27.6. The molecular weight excluding hydrogens is 342 g/mol. The summed E-state index contributed by atoms with van der Waals surface area (Å²) in [6, 6.07) is -8.70. The standard InChI is InChI=1S/C21H29N3O3/c1-15(2)24-17-10-5-4-9-16(17)19(25)18(21(24)27)20(26)22-11-8-14-23-12-6-3-7-13-23/h4-5,9-10,15,25H,3,6-8,11-14H2,1-2H3,(H,22,26)/i1D3,2D3,3D2,4D,5D,6D2,7D2,9D,10D,12D2,13D2,15D/hD2. The molecule has 1 aliphatic heterocycles. The molecule has 1 aromatic heterocycles. The van der Waals surface area contributed by atoms with E-state index in [1.807, 2.05) is 0 Å². The molecule has 1 aromatic carbocycles. The van der Waals surface area contributed by atoms with Gasteiger partial charge in [-0.15, -0.1) is 0 Å². The van der Waals surface area contributed by atoms with Crippen LogP contribution in [-0.2, 0) is 0 Å². The summed E-state index contributed by atoms with van der Waals surface area (Å²) in [5, 5.41) is 3.18. The van der Waals surface area contributed by atoms with Crippen LogP contribution < -0.4 is 10.9 Å². The number of aromatic nitrogens is 1. The van der Waals surface area contributed by atoms with Gasteiger partial charge in [0.15, 0.2) is 1.41 Å². The fourth-order valence-corrected chi connectivity index (χ4v) is 2.33. The Morgan fingerprint density at radius 2 is 2.22 bits per heavy atom. The van der Waals surface area contributed by atoms with E-state index in [-0.39, 0.29) is 14.8 Å². The summed E-state index contributed by atoms with van der Waals surface area (Å²) in [5.41, 5.74) is -4.82. The highest BCUT2D eigenvalue weighted by atomic mass is 16.3. The Bertz CT molecular complexity index is 1720. The second-order valence-corrected chi connectivity index (χ2v) is 5.21. The van der Waals surface area contributed by atoms with Crippen molar-refractivity contribution in [3.05, 3.63) is 40.1 Å². The number of hydrogen-bond acceptors (Lipinski definition) is 4. The van der Waals surface area contributed by atoms with Crippen molar-refractivity contribution in [1.82, 2.24) is 14.8 Å². The SMILES string of the molecule is [2H]Oc1c(C(=O)N([2H])CCCN2C([2H])([2H])C([2H])([2H])C([2H])([2H])C([2H])([2H])C2([2H])[2H])c(=O)n(C([2H])(C([2H])([2H])[2H])C([2H])([2H])[2H])c2c([2H])c([2H])c([2H])c([2H])c12.